The quantitative estimate of drug-likeness (QED) is 0.837. The zero-order chi connectivity index (χ0) is 15.0. The van der Waals surface area contributed by atoms with Crippen molar-refractivity contribution in [3.63, 3.8) is 0 Å². The number of rotatable bonds is 3. The maximum absolute atomic E-state index is 11.2. The molecule has 4 nitrogen and oxygen atoms in total. The van der Waals surface area contributed by atoms with Gasteiger partial charge >= 0.3 is 7.82 Å². The third kappa shape index (κ3) is 2.88. The molecule has 2 unspecified atom stereocenters. The lowest BCUT2D eigenvalue weighted by Gasteiger charge is -2.35. The van der Waals surface area contributed by atoms with E-state index in [4.69, 9.17) is 14.3 Å². The number of aryl methyl sites for hydroxylation is 1. The molecule has 0 aromatic heterocycles. The van der Waals surface area contributed by atoms with Crippen molar-refractivity contribution in [2.45, 2.75) is 26.2 Å². The van der Waals surface area contributed by atoms with Crippen LogP contribution in [0.25, 0.3) is 0 Å². The summed E-state index contributed by atoms with van der Waals surface area (Å²) < 4.78 is 16.2. The molecule has 0 radical (unpaired) electrons. The molecule has 1 aromatic rings. The lowest BCUT2D eigenvalue weighted by atomic mass is 9.70. The fourth-order valence-electron chi connectivity index (χ4n) is 2.49. The first-order valence-corrected chi connectivity index (χ1v) is 7.98. The molecule has 20 heavy (non-hydrogen) atoms. The Morgan fingerprint density at radius 3 is 2.60 bits per heavy atom. The van der Waals surface area contributed by atoms with Gasteiger partial charge in [0.05, 0.1) is 0 Å². The predicted molar refractivity (Wildman–Crippen MR) is 78.6 cm³/mol. The summed E-state index contributed by atoms with van der Waals surface area (Å²) in [5.74, 6) is 0.476. The van der Waals surface area contributed by atoms with Crippen LogP contribution < -0.4 is 4.52 Å². The van der Waals surface area contributed by atoms with Gasteiger partial charge in [-0.25, -0.2) is 4.57 Å². The van der Waals surface area contributed by atoms with Crippen molar-refractivity contribution in [1.82, 2.24) is 0 Å². The van der Waals surface area contributed by atoms with Crippen LogP contribution in [0.4, 0.5) is 0 Å². The van der Waals surface area contributed by atoms with E-state index < -0.39 is 7.82 Å². The molecule has 2 atom stereocenters. The highest BCUT2D eigenvalue weighted by Crippen LogP contribution is 2.47. The van der Waals surface area contributed by atoms with Gasteiger partial charge in [-0.1, -0.05) is 56.4 Å². The average molecular weight is 294 g/mol. The molecule has 108 valence electrons. The van der Waals surface area contributed by atoms with E-state index in [0.29, 0.717) is 5.56 Å². The van der Waals surface area contributed by atoms with Crippen molar-refractivity contribution in [2.75, 3.05) is 0 Å². The Balaban J connectivity index is 2.57. The molecular weight excluding hydrogens is 275 g/mol. The smallest absolute Gasteiger partial charge is 0.404 e. The summed E-state index contributed by atoms with van der Waals surface area (Å²) in [6, 6.07) is 5.52. The van der Waals surface area contributed by atoms with Gasteiger partial charge in [0.1, 0.15) is 5.75 Å². The van der Waals surface area contributed by atoms with Crippen LogP contribution in [0, 0.1) is 12.8 Å². The van der Waals surface area contributed by atoms with Crippen molar-refractivity contribution in [1.29, 1.82) is 0 Å². The van der Waals surface area contributed by atoms with E-state index in [-0.39, 0.29) is 17.1 Å². The standard InChI is InChI=1S/C15H19O4P/c1-11-7-6-9-13(14(11)19-20(16,17)18)15(3)10-5-4-8-12(15)2/h4-10,12H,1-3H3,(H2,16,17,18). The maximum atomic E-state index is 11.2. The van der Waals surface area contributed by atoms with Gasteiger partial charge in [0.25, 0.3) is 0 Å². The van der Waals surface area contributed by atoms with Gasteiger partial charge in [0.2, 0.25) is 0 Å². The van der Waals surface area contributed by atoms with E-state index in [2.05, 4.69) is 13.0 Å². The Morgan fingerprint density at radius 2 is 2.00 bits per heavy atom. The van der Waals surface area contributed by atoms with E-state index in [1.54, 1.807) is 13.0 Å². The SMILES string of the molecule is Cc1cccc(C2(C)C=CC=CC2C)c1OP(=O)(O)O. The highest BCUT2D eigenvalue weighted by molar-refractivity contribution is 7.46. The monoisotopic (exact) mass is 294 g/mol. The predicted octanol–water partition coefficient (Wildman–Crippen LogP) is 3.49. The first-order chi connectivity index (χ1) is 9.24. The second-order valence-corrected chi connectivity index (χ2v) is 6.51. The van der Waals surface area contributed by atoms with Crippen molar-refractivity contribution >= 4 is 7.82 Å². The molecule has 0 spiro atoms. The maximum Gasteiger partial charge on any atom is 0.524 e. The van der Waals surface area contributed by atoms with Gasteiger partial charge in [0, 0.05) is 11.0 Å². The van der Waals surface area contributed by atoms with Crippen LogP contribution in [0.5, 0.6) is 5.75 Å². The van der Waals surface area contributed by atoms with Crippen molar-refractivity contribution in [2.24, 2.45) is 5.92 Å². The summed E-state index contributed by atoms with van der Waals surface area (Å²) in [5, 5.41) is 0. The van der Waals surface area contributed by atoms with E-state index in [0.717, 1.165) is 5.56 Å². The van der Waals surface area contributed by atoms with E-state index in [1.807, 2.05) is 37.3 Å². The molecule has 0 bridgehead atoms. The van der Waals surface area contributed by atoms with Crippen molar-refractivity contribution in [3.05, 3.63) is 53.6 Å². The third-order valence-corrected chi connectivity index (χ3v) is 4.32. The summed E-state index contributed by atoms with van der Waals surface area (Å²) in [4.78, 5) is 18.3. The summed E-state index contributed by atoms with van der Waals surface area (Å²) in [6.07, 6.45) is 8.04. The van der Waals surface area contributed by atoms with Crippen LogP contribution in [0.15, 0.2) is 42.5 Å². The summed E-state index contributed by atoms with van der Waals surface area (Å²) >= 11 is 0. The van der Waals surface area contributed by atoms with Crippen LogP contribution in [-0.2, 0) is 9.98 Å². The number of para-hydroxylation sites is 1. The fraction of sp³-hybridized carbons (Fsp3) is 0.333. The normalized spacial score (nSPS) is 25.8. The van der Waals surface area contributed by atoms with Gasteiger partial charge in [-0.2, -0.15) is 0 Å². The summed E-state index contributed by atoms with van der Waals surface area (Å²) in [5.41, 5.74) is 1.14. The molecule has 5 heteroatoms. The molecule has 1 aliphatic rings. The number of allylic oxidation sites excluding steroid dienone is 4. The Labute approximate surface area is 119 Å². The zero-order valence-corrected chi connectivity index (χ0v) is 12.7. The van der Waals surface area contributed by atoms with Crippen LogP contribution in [0.3, 0.4) is 0 Å². The molecule has 0 aliphatic heterocycles. The van der Waals surface area contributed by atoms with E-state index in [9.17, 15) is 4.57 Å². The van der Waals surface area contributed by atoms with Crippen molar-refractivity contribution in [3.8, 4) is 5.75 Å². The second-order valence-electron chi connectivity index (χ2n) is 5.35. The van der Waals surface area contributed by atoms with Crippen LogP contribution in [-0.4, -0.2) is 9.79 Å². The second kappa shape index (κ2) is 5.21. The Hall–Kier alpha value is -1.35. The van der Waals surface area contributed by atoms with E-state index >= 15 is 0 Å². The van der Waals surface area contributed by atoms with Crippen LogP contribution >= 0.6 is 7.82 Å². The first-order valence-electron chi connectivity index (χ1n) is 6.45. The number of hydrogen-bond acceptors (Lipinski definition) is 2. The number of benzene rings is 1. The molecule has 2 N–H and O–H groups in total. The topological polar surface area (TPSA) is 66.8 Å². The Bertz CT molecular complexity index is 614. The molecule has 0 saturated heterocycles. The molecule has 0 amide bonds. The molecule has 2 rings (SSSR count). The minimum absolute atomic E-state index is 0.202. The minimum Gasteiger partial charge on any atom is -0.404 e. The third-order valence-electron chi connectivity index (χ3n) is 3.90. The zero-order valence-electron chi connectivity index (χ0n) is 11.8. The largest absolute Gasteiger partial charge is 0.524 e. The number of phosphoric ester groups is 1. The van der Waals surface area contributed by atoms with Gasteiger partial charge in [-0.15, -0.1) is 0 Å². The van der Waals surface area contributed by atoms with Crippen LogP contribution in [0.2, 0.25) is 0 Å². The van der Waals surface area contributed by atoms with Crippen LogP contribution in [0.1, 0.15) is 25.0 Å². The van der Waals surface area contributed by atoms with Gasteiger partial charge in [0.15, 0.2) is 0 Å². The summed E-state index contributed by atoms with van der Waals surface area (Å²) in [7, 11) is -4.58. The minimum atomic E-state index is -4.58. The highest BCUT2D eigenvalue weighted by Gasteiger charge is 2.35. The molecule has 1 aromatic carbocycles. The fourth-order valence-corrected chi connectivity index (χ4v) is 2.97. The Kier molecular flexibility index (Phi) is 3.92. The molecule has 1 aliphatic carbocycles. The van der Waals surface area contributed by atoms with Gasteiger partial charge in [-0.05, 0) is 18.4 Å². The van der Waals surface area contributed by atoms with E-state index in [1.165, 1.54) is 0 Å². The van der Waals surface area contributed by atoms with Gasteiger partial charge < -0.3 is 4.52 Å². The average Bonchev–Trinajstić information content (AvgIpc) is 2.34. The molecule has 0 heterocycles. The number of hydrogen-bond donors (Lipinski definition) is 2. The summed E-state index contributed by atoms with van der Waals surface area (Å²) in [6.45, 7) is 5.90. The lowest BCUT2D eigenvalue weighted by molar-refractivity contribution is 0.279. The van der Waals surface area contributed by atoms with Gasteiger partial charge in [-0.3, -0.25) is 9.79 Å². The molecular formula is C15H19O4P. The number of phosphoric acid groups is 1. The highest BCUT2D eigenvalue weighted by atomic mass is 31.2. The molecule has 0 saturated carbocycles. The van der Waals surface area contributed by atoms with Crippen molar-refractivity contribution < 1.29 is 18.9 Å². The Morgan fingerprint density at radius 1 is 1.30 bits per heavy atom. The molecule has 0 fully saturated rings. The lowest BCUT2D eigenvalue weighted by Crippen LogP contribution is -2.29. The first kappa shape index (κ1) is 15.0.